The summed E-state index contributed by atoms with van der Waals surface area (Å²) in [5.41, 5.74) is 3.07. The van der Waals surface area contributed by atoms with Gasteiger partial charge in [-0.05, 0) is 43.5 Å². The van der Waals surface area contributed by atoms with E-state index in [4.69, 9.17) is 4.74 Å². The lowest BCUT2D eigenvalue weighted by Crippen LogP contribution is -2.41. The van der Waals surface area contributed by atoms with Gasteiger partial charge in [-0.1, -0.05) is 6.07 Å². The number of benzene rings is 1. The fourth-order valence-electron chi connectivity index (χ4n) is 2.36. The Morgan fingerprint density at radius 3 is 2.54 bits per heavy atom. The highest BCUT2D eigenvalue weighted by molar-refractivity contribution is 7.09. The molecular formula is C19H18N4O4S. The average Bonchev–Trinajstić information content (AvgIpc) is 3.18. The number of esters is 1. The Balaban J connectivity index is 1.51. The number of aromatic nitrogens is 2. The van der Waals surface area contributed by atoms with E-state index in [-0.39, 0.29) is 5.56 Å². The van der Waals surface area contributed by atoms with Crippen LogP contribution in [-0.2, 0) is 16.1 Å². The minimum absolute atomic E-state index is 0.250. The third kappa shape index (κ3) is 4.89. The molecule has 8 nitrogen and oxygen atoms in total. The van der Waals surface area contributed by atoms with E-state index < -0.39 is 24.5 Å². The molecule has 0 spiro atoms. The maximum Gasteiger partial charge on any atom is 0.338 e. The number of amides is 3. The molecule has 0 fully saturated rings. The summed E-state index contributed by atoms with van der Waals surface area (Å²) >= 11 is 1.49. The van der Waals surface area contributed by atoms with Crippen molar-refractivity contribution in [2.45, 2.75) is 20.4 Å². The van der Waals surface area contributed by atoms with Gasteiger partial charge in [-0.25, -0.2) is 19.6 Å². The van der Waals surface area contributed by atoms with Gasteiger partial charge >= 0.3 is 12.0 Å². The molecule has 0 saturated carbocycles. The van der Waals surface area contributed by atoms with Crippen LogP contribution in [0.5, 0.6) is 0 Å². The highest BCUT2D eigenvalue weighted by Gasteiger charge is 2.14. The Kier molecular flexibility index (Phi) is 5.95. The Bertz CT molecular complexity index is 1030. The zero-order chi connectivity index (χ0) is 20.1. The molecule has 3 amide bonds. The molecule has 1 aromatic carbocycles. The van der Waals surface area contributed by atoms with Gasteiger partial charge in [0, 0.05) is 4.88 Å². The van der Waals surface area contributed by atoms with Crippen molar-refractivity contribution < 1.29 is 19.1 Å². The zero-order valence-electron chi connectivity index (χ0n) is 15.3. The van der Waals surface area contributed by atoms with Crippen LogP contribution in [0.1, 0.15) is 26.6 Å². The molecule has 0 aliphatic heterocycles. The number of thiophene rings is 1. The summed E-state index contributed by atoms with van der Waals surface area (Å²) < 4.78 is 4.97. The number of rotatable bonds is 5. The van der Waals surface area contributed by atoms with Crippen LogP contribution in [0.15, 0.2) is 35.7 Å². The van der Waals surface area contributed by atoms with Gasteiger partial charge in [0.05, 0.1) is 34.5 Å². The lowest BCUT2D eigenvalue weighted by Gasteiger charge is -2.08. The fourth-order valence-corrected chi connectivity index (χ4v) is 3.00. The van der Waals surface area contributed by atoms with Crippen molar-refractivity contribution in [3.05, 3.63) is 57.5 Å². The van der Waals surface area contributed by atoms with Crippen LogP contribution in [0.4, 0.5) is 4.79 Å². The number of urea groups is 1. The largest absolute Gasteiger partial charge is 0.452 e. The fraction of sp³-hybridized carbons (Fsp3) is 0.211. The van der Waals surface area contributed by atoms with E-state index in [2.05, 4.69) is 20.6 Å². The van der Waals surface area contributed by atoms with Gasteiger partial charge in [0.25, 0.3) is 5.91 Å². The molecule has 28 heavy (non-hydrogen) atoms. The van der Waals surface area contributed by atoms with E-state index in [9.17, 15) is 14.4 Å². The smallest absolute Gasteiger partial charge is 0.338 e. The number of carbonyl (C=O) groups excluding carboxylic acids is 3. The van der Waals surface area contributed by atoms with Gasteiger partial charge < -0.3 is 10.1 Å². The molecule has 3 aromatic rings. The van der Waals surface area contributed by atoms with E-state index >= 15 is 0 Å². The Labute approximate surface area is 165 Å². The number of imide groups is 1. The predicted molar refractivity (Wildman–Crippen MR) is 104 cm³/mol. The van der Waals surface area contributed by atoms with Gasteiger partial charge in [0.15, 0.2) is 6.61 Å². The van der Waals surface area contributed by atoms with Crippen molar-refractivity contribution >= 4 is 40.3 Å². The number of hydrogen-bond acceptors (Lipinski definition) is 7. The van der Waals surface area contributed by atoms with Gasteiger partial charge in [-0.3, -0.25) is 10.1 Å². The molecule has 0 bridgehead atoms. The van der Waals surface area contributed by atoms with Gasteiger partial charge in [-0.2, -0.15) is 0 Å². The molecule has 0 aliphatic carbocycles. The van der Waals surface area contributed by atoms with Crippen molar-refractivity contribution in [3.63, 3.8) is 0 Å². The minimum atomic E-state index is -0.718. The summed E-state index contributed by atoms with van der Waals surface area (Å²) in [5.74, 6) is -1.40. The maximum atomic E-state index is 12.2. The summed E-state index contributed by atoms with van der Waals surface area (Å²) in [5, 5.41) is 6.55. The molecule has 0 aliphatic rings. The summed E-state index contributed by atoms with van der Waals surface area (Å²) in [6.07, 6.45) is 0. The first-order chi connectivity index (χ1) is 13.4. The second-order valence-electron chi connectivity index (χ2n) is 5.98. The number of hydrogen-bond donors (Lipinski definition) is 2. The van der Waals surface area contributed by atoms with Crippen LogP contribution in [0.3, 0.4) is 0 Å². The number of aryl methyl sites for hydroxylation is 2. The lowest BCUT2D eigenvalue weighted by molar-refractivity contribution is -0.123. The Morgan fingerprint density at radius 2 is 1.82 bits per heavy atom. The van der Waals surface area contributed by atoms with Gasteiger partial charge in [0.2, 0.25) is 0 Å². The molecule has 0 saturated heterocycles. The highest BCUT2D eigenvalue weighted by atomic mass is 32.1. The summed E-state index contributed by atoms with van der Waals surface area (Å²) in [7, 11) is 0. The second-order valence-corrected chi connectivity index (χ2v) is 7.02. The van der Waals surface area contributed by atoms with E-state index in [1.54, 1.807) is 18.2 Å². The van der Waals surface area contributed by atoms with Crippen molar-refractivity contribution in [1.82, 2.24) is 20.6 Å². The topological polar surface area (TPSA) is 110 Å². The summed E-state index contributed by atoms with van der Waals surface area (Å²) in [4.78, 5) is 45.4. The molecule has 2 heterocycles. The SMILES string of the molecule is Cc1nc2ccc(C(=O)OCC(=O)NC(=O)NCc3cccs3)cc2nc1C. The minimum Gasteiger partial charge on any atom is -0.452 e. The van der Waals surface area contributed by atoms with Gasteiger partial charge in [-0.15, -0.1) is 11.3 Å². The van der Waals surface area contributed by atoms with Crippen LogP contribution >= 0.6 is 11.3 Å². The molecular weight excluding hydrogens is 380 g/mol. The van der Waals surface area contributed by atoms with Crippen LogP contribution in [0.25, 0.3) is 11.0 Å². The number of ether oxygens (including phenoxy) is 1. The van der Waals surface area contributed by atoms with E-state index in [1.807, 2.05) is 31.4 Å². The molecule has 3 rings (SSSR count). The monoisotopic (exact) mass is 398 g/mol. The van der Waals surface area contributed by atoms with Crippen molar-refractivity contribution in [2.24, 2.45) is 0 Å². The van der Waals surface area contributed by atoms with Crippen molar-refractivity contribution in [1.29, 1.82) is 0 Å². The number of fused-ring (bicyclic) bond motifs is 1. The Hall–Kier alpha value is -3.33. The third-order valence-electron chi connectivity index (χ3n) is 3.90. The van der Waals surface area contributed by atoms with Crippen LogP contribution in [-0.4, -0.2) is 34.5 Å². The first kappa shape index (κ1) is 19.4. The number of carbonyl (C=O) groups is 3. The molecule has 144 valence electrons. The first-order valence-electron chi connectivity index (χ1n) is 8.44. The molecule has 9 heteroatoms. The third-order valence-corrected chi connectivity index (χ3v) is 4.78. The molecule has 2 N–H and O–H groups in total. The van der Waals surface area contributed by atoms with Crippen LogP contribution in [0, 0.1) is 13.8 Å². The van der Waals surface area contributed by atoms with Gasteiger partial charge in [0.1, 0.15) is 0 Å². The lowest BCUT2D eigenvalue weighted by atomic mass is 10.2. The normalized spacial score (nSPS) is 10.5. The van der Waals surface area contributed by atoms with Crippen LogP contribution in [0.2, 0.25) is 0 Å². The zero-order valence-corrected chi connectivity index (χ0v) is 16.1. The van der Waals surface area contributed by atoms with Crippen LogP contribution < -0.4 is 10.6 Å². The molecule has 2 aromatic heterocycles. The molecule has 0 radical (unpaired) electrons. The predicted octanol–water partition coefficient (Wildman–Crippen LogP) is 2.49. The maximum absolute atomic E-state index is 12.2. The van der Waals surface area contributed by atoms with E-state index in [0.717, 1.165) is 16.3 Å². The van der Waals surface area contributed by atoms with Crippen molar-refractivity contribution in [2.75, 3.05) is 6.61 Å². The molecule has 0 unspecified atom stereocenters. The Morgan fingerprint density at radius 1 is 1.07 bits per heavy atom. The quantitative estimate of drug-likeness (QED) is 0.639. The highest BCUT2D eigenvalue weighted by Crippen LogP contribution is 2.15. The van der Waals surface area contributed by atoms with E-state index in [1.165, 1.54) is 11.3 Å². The van der Waals surface area contributed by atoms with Crippen molar-refractivity contribution in [3.8, 4) is 0 Å². The number of nitrogens with zero attached hydrogens (tertiary/aromatic N) is 2. The first-order valence-corrected chi connectivity index (χ1v) is 9.32. The standard InChI is InChI=1S/C19H18N4O4S/c1-11-12(2)22-16-8-13(5-6-15(16)21-11)18(25)27-10-17(24)23-19(26)20-9-14-4-3-7-28-14/h3-8H,9-10H2,1-2H3,(H2,20,23,24,26). The van der Waals surface area contributed by atoms with E-state index in [0.29, 0.717) is 17.6 Å². The number of nitrogens with one attached hydrogen (secondary N) is 2. The summed E-state index contributed by atoms with van der Waals surface area (Å²) in [6.45, 7) is 3.44. The summed E-state index contributed by atoms with van der Waals surface area (Å²) in [6, 6.07) is 7.86. The second kappa shape index (κ2) is 8.57. The molecule has 0 atom stereocenters. The average molecular weight is 398 g/mol.